The minimum absolute atomic E-state index is 0.0271. The first kappa shape index (κ1) is 22.2. The minimum atomic E-state index is -0.541. The van der Waals surface area contributed by atoms with Crippen molar-refractivity contribution < 1.29 is 24.5 Å². The first-order chi connectivity index (χ1) is 11.8. The molecule has 0 radical (unpaired) electrons. The molecule has 146 valence electrons. The van der Waals surface area contributed by atoms with Gasteiger partial charge >= 0.3 is 0 Å². The van der Waals surface area contributed by atoms with Crippen molar-refractivity contribution >= 4 is 11.6 Å². The van der Waals surface area contributed by atoms with Gasteiger partial charge in [0.1, 0.15) is 11.6 Å². The zero-order chi connectivity index (χ0) is 19.0. The van der Waals surface area contributed by atoms with Gasteiger partial charge in [-0.3, -0.25) is 19.4 Å². The molecule has 2 aliphatic heterocycles. The maximum Gasteiger partial charge on any atom is 0.149 e. The summed E-state index contributed by atoms with van der Waals surface area (Å²) in [5.74, 6) is 0.103. The monoisotopic (exact) mass is 358 g/mol. The van der Waals surface area contributed by atoms with E-state index in [1.807, 2.05) is 4.90 Å². The SMILES string of the molecule is CC(=O)[C@@H](C(C)O)N1CCCC1.COC1CCN([C@@H](CO)C(C)=O)C1. The van der Waals surface area contributed by atoms with Crippen LogP contribution in [0.5, 0.6) is 0 Å². The summed E-state index contributed by atoms with van der Waals surface area (Å²) in [6.45, 7) is 8.15. The van der Waals surface area contributed by atoms with E-state index in [-0.39, 0.29) is 36.4 Å². The average molecular weight is 358 g/mol. The van der Waals surface area contributed by atoms with E-state index in [9.17, 15) is 14.7 Å². The lowest BCUT2D eigenvalue weighted by Crippen LogP contribution is -2.45. The highest BCUT2D eigenvalue weighted by Crippen LogP contribution is 2.15. The summed E-state index contributed by atoms with van der Waals surface area (Å²) < 4.78 is 5.18. The van der Waals surface area contributed by atoms with Crippen LogP contribution in [0.15, 0.2) is 0 Å². The Labute approximate surface area is 150 Å². The summed E-state index contributed by atoms with van der Waals surface area (Å²) in [4.78, 5) is 26.3. The Morgan fingerprint density at radius 2 is 1.72 bits per heavy atom. The van der Waals surface area contributed by atoms with Gasteiger partial charge in [0.25, 0.3) is 0 Å². The second-order valence-corrected chi connectivity index (χ2v) is 6.99. The van der Waals surface area contributed by atoms with Gasteiger partial charge in [-0.1, -0.05) is 0 Å². The third-order valence-electron chi connectivity index (χ3n) is 5.00. The molecular weight excluding hydrogens is 324 g/mol. The number of nitrogens with zero attached hydrogens (tertiary/aromatic N) is 2. The van der Waals surface area contributed by atoms with E-state index in [1.54, 1.807) is 21.0 Å². The lowest BCUT2D eigenvalue weighted by atomic mass is 10.1. The molecule has 2 aliphatic rings. The molecule has 0 aromatic carbocycles. The van der Waals surface area contributed by atoms with Gasteiger partial charge in [-0.05, 0) is 53.1 Å². The molecule has 2 unspecified atom stereocenters. The Morgan fingerprint density at radius 1 is 1.12 bits per heavy atom. The number of aliphatic hydroxyl groups excluding tert-OH is 2. The van der Waals surface area contributed by atoms with Crippen LogP contribution in [0.25, 0.3) is 0 Å². The van der Waals surface area contributed by atoms with Gasteiger partial charge in [0.05, 0.1) is 30.9 Å². The number of likely N-dealkylation sites (tertiary alicyclic amines) is 2. The smallest absolute Gasteiger partial charge is 0.149 e. The molecule has 4 atom stereocenters. The predicted molar refractivity (Wildman–Crippen MR) is 95.5 cm³/mol. The van der Waals surface area contributed by atoms with Gasteiger partial charge in [-0.25, -0.2) is 0 Å². The number of methoxy groups -OCH3 is 1. The third kappa shape index (κ3) is 6.75. The van der Waals surface area contributed by atoms with E-state index in [0.717, 1.165) is 45.4 Å². The maximum absolute atomic E-state index is 11.2. The van der Waals surface area contributed by atoms with Gasteiger partial charge in [0.2, 0.25) is 0 Å². The van der Waals surface area contributed by atoms with Crippen molar-refractivity contribution in [2.45, 2.75) is 64.3 Å². The van der Waals surface area contributed by atoms with Crippen molar-refractivity contribution in [3.63, 3.8) is 0 Å². The van der Waals surface area contributed by atoms with Crippen molar-refractivity contribution in [3.8, 4) is 0 Å². The zero-order valence-corrected chi connectivity index (χ0v) is 16.0. The Hall–Kier alpha value is -0.860. The molecule has 0 aromatic rings. The van der Waals surface area contributed by atoms with Crippen LogP contribution in [0.4, 0.5) is 0 Å². The lowest BCUT2D eigenvalue weighted by molar-refractivity contribution is -0.125. The number of hydrogen-bond acceptors (Lipinski definition) is 7. The fourth-order valence-corrected chi connectivity index (χ4v) is 3.65. The van der Waals surface area contributed by atoms with E-state index in [2.05, 4.69) is 4.90 Å². The highest BCUT2D eigenvalue weighted by molar-refractivity contribution is 5.82. The van der Waals surface area contributed by atoms with Gasteiger partial charge < -0.3 is 14.9 Å². The number of aliphatic hydroxyl groups is 2. The van der Waals surface area contributed by atoms with Gasteiger partial charge in [-0.15, -0.1) is 0 Å². The Morgan fingerprint density at radius 3 is 2.08 bits per heavy atom. The molecule has 0 aliphatic carbocycles. The topological polar surface area (TPSA) is 90.3 Å². The van der Waals surface area contributed by atoms with E-state index in [0.29, 0.717) is 0 Å². The molecule has 2 heterocycles. The van der Waals surface area contributed by atoms with Crippen LogP contribution < -0.4 is 0 Å². The summed E-state index contributed by atoms with van der Waals surface area (Å²) in [6, 6.07) is -0.604. The first-order valence-electron chi connectivity index (χ1n) is 9.12. The van der Waals surface area contributed by atoms with Crippen molar-refractivity contribution in [3.05, 3.63) is 0 Å². The molecule has 0 saturated carbocycles. The fraction of sp³-hybridized carbons (Fsp3) is 0.889. The molecule has 2 fully saturated rings. The summed E-state index contributed by atoms with van der Waals surface area (Å²) in [5, 5.41) is 18.4. The predicted octanol–water partition coefficient (Wildman–Crippen LogP) is 0.0776. The number of ether oxygens (including phenoxy) is 1. The Bertz CT molecular complexity index is 424. The maximum atomic E-state index is 11.2. The Balaban J connectivity index is 0.000000251. The number of hydrogen-bond donors (Lipinski definition) is 2. The van der Waals surface area contributed by atoms with Gasteiger partial charge in [-0.2, -0.15) is 0 Å². The van der Waals surface area contributed by atoms with Gasteiger partial charge in [0.15, 0.2) is 0 Å². The number of carbonyl (C=O) groups excluding carboxylic acids is 2. The number of Topliss-reactive ketones (excluding diaryl/α,β-unsaturated/α-hetero) is 2. The second kappa shape index (κ2) is 11.0. The molecule has 0 amide bonds. The van der Waals surface area contributed by atoms with Crippen LogP contribution in [-0.2, 0) is 14.3 Å². The molecule has 2 rings (SSSR count). The second-order valence-electron chi connectivity index (χ2n) is 6.99. The number of ketones is 2. The number of carbonyl (C=O) groups is 2. The average Bonchev–Trinajstić information content (AvgIpc) is 3.19. The van der Waals surface area contributed by atoms with E-state index >= 15 is 0 Å². The van der Waals surface area contributed by atoms with E-state index < -0.39 is 6.10 Å². The third-order valence-corrected chi connectivity index (χ3v) is 5.00. The molecule has 25 heavy (non-hydrogen) atoms. The summed E-state index contributed by atoms with van der Waals surface area (Å²) in [5.41, 5.74) is 0. The van der Waals surface area contributed by atoms with Crippen LogP contribution in [0.1, 0.15) is 40.0 Å². The molecule has 2 N–H and O–H groups in total. The quantitative estimate of drug-likeness (QED) is 0.666. The van der Waals surface area contributed by atoms with Crippen LogP contribution in [-0.4, -0.2) is 95.8 Å². The zero-order valence-electron chi connectivity index (χ0n) is 16.0. The van der Waals surface area contributed by atoms with Crippen molar-refractivity contribution in [2.24, 2.45) is 0 Å². The molecule has 7 heteroatoms. The molecule has 7 nitrogen and oxygen atoms in total. The normalized spacial score (nSPS) is 25.1. The molecule has 0 aromatic heterocycles. The van der Waals surface area contributed by atoms with Crippen LogP contribution >= 0.6 is 0 Å². The highest BCUT2D eigenvalue weighted by atomic mass is 16.5. The van der Waals surface area contributed by atoms with Gasteiger partial charge in [0, 0.05) is 20.2 Å². The van der Waals surface area contributed by atoms with Crippen molar-refractivity contribution in [2.75, 3.05) is 39.9 Å². The summed E-state index contributed by atoms with van der Waals surface area (Å²) in [7, 11) is 1.68. The van der Waals surface area contributed by atoms with Crippen molar-refractivity contribution in [1.82, 2.24) is 9.80 Å². The molecule has 2 saturated heterocycles. The minimum Gasteiger partial charge on any atom is -0.394 e. The molecule has 0 spiro atoms. The first-order valence-corrected chi connectivity index (χ1v) is 9.12. The largest absolute Gasteiger partial charge is 0.394 e. The lowest BCUT2D eigenvalue weighted by Gasteiger charge is -2.27. The standard InChI is InChI=1S/C9H17NO3.C9H17NO2/c1-7(12)9(6-11)10-4-3-8(5-10)13-2;1-7(11)9(8(2)12)10-5-3-4-6-10/h8-9,11H,3-6H2,1-2H3;7,9,11H,3-6H2,1-2H3/t8?,9-;7?,9-/m01/s1. The fourth-order valence-electron chi connectivity index (χ4n) is 3.65. The highest BCUT2D eigenvalue weighted by Gasteiger charge is 2.30. The molecule has 0 bridgehead atoms. The van der Waals surface area contributed by atoms with E-state index in [1.165, 1.54) is 6.92 Å². The van der Waals surface area contributed by atoms with Crippen LogP contribution in [0, 0.1) is 0 Å². The van der Waals surface area contributed by atoms with Crippen LogP contribution in [0.3, 0.4) is 0 Å². The number of rotatable bonds is 7. The summed E-state index contributed by atoms with van der Waals surface area (Å²) >= 11 is 0. The van der Waals surface area contributed by atoms with Crippen molar-refractivity contribution in [1.29, 1.82) is 0 Å². The Kier molecular flexibility index (Phi) is 9.74. The van der Waals surface area contributed by atoms with Crippen LogP contribution in [0.2, 0.25) is 0 Å². The van der Waals surface area contributed by atoms with E-state index in [4.69, 9.17) is 9.84 Å². The molecular formula is C18H34N2O5. The summed E-state index contributed by atoms with van der Waals surface area (Å²) in [6.07, 6.45) is 2.92.